The van der Waals surface area contributed by atoms with Crippen molar-refractivity contribution in [2.24, 2.45) is 0 Å². The van der Waals surface area contributed by atoms with E-state index in [1.165, 1.54) is 6.33 Å². The number of aromatic nitrogens is 4. The molecular formula is C13H9ClN4. The molecule has 0 aliphatic rings. The highest BCUT2D eigenvalue weighted by molar-refractivity contribution is 6.32. The van der Waals surface area contributed by atoms with Crippen LogP contribution in [0.1, 0.15) is 0 Å². The molecule has 3 aromatic rings. The largest absolute Gasteiger partial charge is 0.243 e. The highest BCUT2D eigenvalue weighted by Gasteiger charge is 2.11. The van der Waals surface area contributed by atoms with Crippen LogP contribution in [0.5, 0.6) is 0 Å². The second-order valence-electron chi connectivity index (χ2n) is 3.68. The average molecular weight is 257 g/mol. The normalized spacial score (nSPS) is 10.5. The van der Waals surface area contributed by atoms with Crippen LogP contribution in [0.4, 0.5) is 0 Å². The van der Waals surface area contributed by atoms with Crippen molar-refractivity contribution < 1.29 is 0 Å². The first-order chi connectivity index (χ1) is 8.86. The summed E-state index contributed by atoms with van der Waals surface area (Å²) in [6, 6.07) is 11.7. The molecule has 4 nitrogen and oxygen atoms in total. The van der Waals surface area contributed by atoms with Gasteiger partial charge in [-0.05, 0) is 18.2 Å². The van der Waals surface area contributed by atoms with Crippen LogP contribution in [0.2, 0.25) is 5.02 Å². The van der Waals surface area contributed by atoms with Crippen LogP contribution in [-0.2, 0) is 0 Å². The topological polar surface area (TPSA) is 43.6 Å². The van der Waals surface area contributed by atoms with Gasteiger partial charge in [0.1, 0.15) is 12.0 Å². The molecule has 0 spiro atoms. The highest BCUT2D eigenvalue weighted by atomic mass is 35.5. The van der Waals surface area contributed by atoms with Crippen molar-refractivity contribution in [2.45, 2.75) is 0 Å². The van der Waals surface area contributed by atoms with Gasteiger partial charge in [0, 0.05) is 6.20 Å². The highest BCUT2D eigenvalue weighted by Crippen LogP contribution is 2.25. The summed E-state index contributed by atoms with van der Waals surface area (Å²) in [5.74, 6) is 0. The molecule has 0 atom stereocenters. The molecule has 3 rings (SSSR count). The number of halogens is 1. The molecule has 0 bridgehead atoms. The number of nitrogens with zero attached hydrogens (tertiary/aromatic N) is 4. The summed E-state index contributed by atoms with van der Waals surface area (Å²) >= 11 is 6.11. The van der Waals surface area contributed by atoms with E-state index in [1.54, 1.807) is 17.1 Å². The predicted octanol–water partition coefficient (Wildman–Crippen LogP) is 2.98. The lowest BCUT2D eigenvalue weighted by Crippen LogP contribution is -2.00. The summed E-state index contributed by atoms with van der Waals surface area (Å²) in [4.78, 5) is 8.09. The SMILES string of the molecule is Clc1cncnc1-c1ccnn1-c1ccccc1. The molecule has 0 amide bonds. The van der Waals surface area contributed by atoms with Crippen molar-refractivity contribution in [2.75, 3.05) is 0 Å². The summed E-state index contributed by atoms with van der Waals surface area (Å²) in [6.45, 7) is 0. The summed E-state index contributed by atoms with van der Waals surface area (Å²) in [7, 11) is 0. The molecule has 0 N–H and O–H groups in total. The molecule has 0 saturated carbocycles. The second-order valence-corrected chi connectivity index (χ2v) is 4.09. The van der Waals surface area contributed by atoms with E-state index in [1.807, 2.05) is 36.4 Å². The Hall–Kier alpha value is -2.20. The minimum atomic E-state index is 0.509. The molecule has 2 aromatic heterocycles. The lowest BCUT2D eigenvalue weighted by atomic mass is 10.2. The maximum atomic E-state index is 6.11. The zero-order chi connectivity index (χ0) is 12.4. The van der Waals surface area contributed by atoms with E-state index >= 15 is 0 Å². The monoisotopic (exact) mass is 256 g/mol. The fourth-order valence-corrected chi connectivity index (χ4v) is 1.96. The van der Waals surface area contributed by atoms with Gasteiger partial charge in [0.2, 0.25) is 0 Å². The molecule has 0 fully saturated rings. The van der Waals surface area contributed by atoms with Crippen LogP contribution < -0.4 is 0 Å². The molecule has 1 aromatic carbocycles. The lowest BCUT2D eigenvalue weighted by Gasteiger charge is -2.07. The minimum absolute atomic E-state index is 0.509. The number of hydrogen-bond donors (Lipinski definition) is 0. The Bertz CT molecular complexity index is 664. The van der Waals surface area contributed by atoms with Gasteiger partial charge in [0.05, 0.1) is 22.6 Å². The van der Waals surface area contributed by atoms with Crippen LogP contribution >= 0.6 is 11.6 Å². The molecular weight excluding hydrogens is 248 g/mol. The van der Waals surface area contributed by atoms with Crippen molar-refractivity contribution in [3.05, 3.63) is 60.1 Å². The molecule has 88 valence electrons. The molecule has 0 aliphatic heterocycles. The number of para-hydroxylation sites is 1. The van der Waals surface area contributed by atoms with E-state index in [9.17, 15) is 0 Å². The first-order valence-electron chi connectivity index (χ1n) is 5.41. The molecule has 2 heterocycles. The van der Waals surface area contributed by atoms with Gasteiger partial charge < -0.3 is 0 Å². The molecule has 5 heteroatoms. The zero-order valence-corrected chi connectivity index (χ0v) is 10.1. The van der Waals surface area contributed by atoms with Gasteiger partial charge in [-0.2, -0.15) is 5.10 Å². The first-order valence-corrected chi connectivity index (χ1v) is 5.79. The van der Waals surface area contributed by atoms with Gasteiger partial charge in [-0.3, -0.25) is 0 Å². The van der Waals surface area contributed by atoms with E-state index in [0.717, 1.165) is 11.4 Å². The minimum Gasteiger partial charge on any atom is -0.243 e. The maximum Gasteiger partial charge on any atom is 0.116 e. The van der Waals surface area contributed by atoms with Crippen molar-refractivity contribution >= 4 is 11.6 Å². The molecule has 0 saturated heterocycles. The Morgan fingerprint density at radius 1 is 1.06 bits per heavy atom. The summed E-state index contributed by atoms with van der Waals surface area (Å²) < 4.78 is 1.80. The number of hydrogen-bond acceptors (Lipinski definition) is 3. The van der Waals surface area contributed by atoms with Crippen molar-refractivity contribution in [1.82, 2.24) is 19.7 Å². The lowest BCUT2D eigenvalue weighted by molar-refractivity contribution is 0.883. The Kier molecular flexibility index (Phi) is 2.78. The Balaban J connectivity index is 2.16. The van der Waals surface area contributed by atoms with E-state index in [4.69, 9.17) is 11.6 Å². The smallest absolute Gasteiger partial charge is 0.116 e. The fraction of sp³-hybridized carbons (Fsp3) is 0. The average Bonchev–Trinajstić information content (AvgIpc) is 2.89. The molecule has 0 unspecified atom stereocenters. The van der Waals surface area contributed by atoms with Gasteiger partial charge in [-0.25, -0.2) is 14.6 Å². The van der Waals surface area contributed by atoms with Crippen LogP contribution in [-0.4, -0.2) is 19.7 Å². The maximum absolute atomic E-state index is 6.11. The third kappa shape index (κ3) is 1.87. The standard InChI is InChI=1S/C13H9ClN4/c14-11-8-15-9-16-13(11)12-6-7-17-18(12)10-4-2-1-3-5-10/h1-9H. The molecule has 0 radical (unpaired) electrons. The van der Waals surface area contributed by atoms with Gasteiger partial charge in [0.25, 0.3) is 0 Å². The first kappa shape index (κ1) is 10.9. The second kappa shape index (κ2) is 4.58. The van der Waals surface area contributed by atoms with Crippen LogP contribution in [0, 0.1) is 0 Å². The summed E-state index contributed by atoms with van der Waals surface area (Å²) in [6.07, 6.45) is 4.77. The van der Waals surface area contributed by atoms with Crippen molar-refractivity contribution in [3.8, 4) is 17.1 Å². The van der Waals surface area contributed by atoms with E-state index in [2.05, 4.69) is 15.1 Å². The quantitative estimate of drug-likeness (QED) is 0.708. The number of rotatable bonds is 2. The van der Waals surface area contributed by atoms with Gasteiger partial charge in [-0.15, -0.1) is 0 Å². The Labute approximate surface area is 109 Å². The van der Waals surface area contributed by atoms with Gasteiger partial charge >= 0.3 is 0 Å². The van der Waals surface area contributed by atoms with Crippen molar-refractivity contribution in [1.29, 1.82) is 0 Å². The Morgan fingerprint density at radius 3 is 2.67 bits per heavy atom. The van der Waals surface area contributed by atoms with E-state index < -0.39 is 0 Å². The van der Waals surface area contributed by atoms with Gasteiger partial charge in [0.15, 0.2) is 0 Å². The Morgan fingerprint density at radius 2 is 1.89 bits per heavy atom. The molecule has 18 heavy (non-hydrogen) atoms. The zero-order valence-electron chi connectivity index (χ0n) is 9.36. The summed E-state index contributed by atoms with van der Waals surface area (Å²) in [5, 5.41) is 4.81. The van der Waals surface area contributed by atoms with Crippen LogP contribution in [0.3, 0.4) is 0 Å². The predicted molar refractivity (Wildman–Crippen MR) is 69.6 cm³/mol. The summed E-state index contributed by atoms with van der Waals surface area (Å²) in [5.41, 5.74) is 2.48. The van der Waals surface area contributed by atoms with Crippen molar-refractivity contribution in [3.63, 3.8) is 0 Å². The van der Waals surface area contributed by atoms with E-state index in [0.29, 0.717) is 10.7 Å². The van der Waals surface area contributed by atoms with E-state index in [-0.39, 0.29) is 0 Å². The molecule has 0 aliphatic carbocycles. The van der Waals surface area contributed by atoms with Crippen LogP contribution in [0.25, 0.3) is 17.1 Å². The van der Waals surface area contributed by atoms with Gasteiger partial charge in [-0.1, -0.05) is 29.8 Å². The third-order valence-corrected chi connectivity index (χ3v) is 2.83. The fourth-order valence-electron chi connectivity index (χ4n) is 1.76. The van der Waals surface area contributed by atoms with Crippen LogP contribution in [0.15, 0.2) is 55.1 Å². The number of benzene rings is 1. The third-order valence-electron chi connectivity index (χ3n) is 2.55.